The van der Waals surface area contributed by atoms with Crippen LogP contribution in [0.25, 0.3) is 0 Å². The first-order chi connectivity index (χ1) is 8.69. The molecular weight excluding hydrogens is 244 g/mol. The van der Waals surface area contributed by atoms with E-state index in [0.717, 1.165) is 18.3 Å². The molecule has 1 aromatic rings. The lowest BCUT2D eigenvalue weighted by Gasteiger charge is -2.42. The zero-order valence-electron chi connectivity index (χ0n) is 11.2. The summed E-state index contributed by atoms with van der Waals surface area (Å²) in [6.07, 6.45) is 2.70. The van der Waals surface area contributed by atoms with Crippen molar-refractivity contribution in [3.63, 3.8) is 0 Å². The fraction of sp³-hybridized carbons (Fsp3) is 0.769. The number of aromatic nitrogens is 1. The first-order valence-corrected chi connectivity index (χ1v) is 7.67. The molecule has 3 heterocycles. The molecule has 2 saturated heterocycles. The minimum Gasteiger partial charge on any atom is -0.343 e. The third-order valence-corrected chi connectivity index (χ3v) is 5.47. The zero-order chi connectivity index (χ0) is 12.7. The Kier molecular flexibility index (Phi) is 3.30. The standard InChI is InChI=1S/C13H22N4S/c1-9-7-16-5-3-4-11(16)8-17(9)13-15-10(2)12(6-14)18-13/h9,11H,3-8,14H2,1-2H3. The molecule has 100 valence electrons. The van der Waals surface area contributed by atoms with Gasteiger partial charge in [-0.15, -0.1) is 11.3 Å². The molecule has 2 fully saturated rings. The summed E-state index contributed by atoms with van der Waals surface area (Å²) in [5.41, 5.74) is 6.87. The lowest BCUT2D eigenvalue weighted by Crippen LogP contribution is -2.55. The van der Waals surface area contributed by atoms with Crippen molar-refractivity contribution in [1.82, 2.24) is 9.88 Å². The predicted octanol–water partition coefficient (Wildman–Crippen LogP) is 1.58. The number of anilines is 1. The summed E-state index contributed by atoms with van der Waals surface area (Å²) in [6.45, 7) is 8.60. The Balaban J connectivity index is 1.82. The topological polar surface area (TPSA) is 45.4 Å². The van der Waals surface area contributed by atoms with Crippen LogP contribution in [0, 0.1) is 6.92 Å². The molecular formula is C13H22N4S. The van der Waals surface area contributed by atoms with Crippen LogP contribution in [-0.2, 0) is 6.54 Å². The molecule has 0 aromatic carbocycles. The minimum absolute atomic E-state index is 0.565. The first-order valence-electron chi connectivity index (χ1n) is 6.86. The monoisotopic (exact) mass is 266 g/mol. The molecule has 2 N–H and O–H groups in total. The van der Waals surface area contributed by atoms with Crippen molar-refractivity contribution in [2.24, 2.45) is 5.73 Å². The Labute approximate surface area is 113 Å². The van der Waals surface area contributed by atoms with E-state index in [1.54, 1.807) is 11.3 Å². The van der Waals surface area contributed by atoms with Crippen molar-refractivity contribution in [2.45, 2.75) is 45.3 Å². The number of thiazole rings is 1. The molecule has 0 amide bonds. The fourth-order valence-corrected chi connectivity index (χ4v) is 4.23. The molecule has 1 aromatic heterocycles. The number of hydrogen-bond donors (Lipinski definition) is 1. The molecule has 0 spiro atoms. The van der Waals surface area contributed by atoms with E-state index in [1.807, 2.05) is 0 Å². The van der Waals surface area contributed by atoms with Crippen LogP contribution in [0.4, 0.5) is 5.13 Å². The normalized spacial score (nSPS) is 28.7. The SMILES string of the molecule is Cc1nc(N2CC3CCCN3CC2C)sc1CN. The van der Waals surface area contributed by atoms with E-state index in [1.165, 1.54) is 35.9 Å². The van der Waals surface area contributed by atoms with Crippen LogP contribution in [-0.4, -0.2) is 41.6 Å². The van der Waals surface area contributed by atoms with E-state index in [-0.39, 0.29) is 0 Å². The van der Waals surface area contributed by atoms with E-state index < -0.39 is 0 Å². The number of fused-ring (bicyclic) bond motifs is 1. The summed E-state index contributed by atoms with van der Waals surface area (Å²) in [5, 5.41) is 1.17. The average Bonchev–Trinajstić information content (AvgIpc) is 2.93. The lowest BCUT2D eigenvalue weighted by molar-refractivity contribution is 0.203. The van der Waals surface area contributed by atoms with Crippen LogP contribution < -0.4 is 10.6 Å². The fourth-order valence-electron chi connectivity index (χ4n) is 3.18. The maximum absolute atomic E-state index is 5.76. The van der Waals surface area contributed by atoms with Gasteiger partial charge in [-0.2, -0.15) is 0 Å². The Bertz CT molecular complexity index is 431. The highest BCUT2D eigenvalue weighted by atomic mass is 32.1. The van der Waals surface area contributed by atoms with Crippen LogP contribution in [0.1, 0.15) is 30.3 Å². The second kappa shape index (κ2) is 4.79. The molecule has 0 bridgehead atoms. The molecule has 3 rings (SSSR count). The first kappa shape index (κ1) is 12.4. The third-order valence-electron chi connectivity index (χ3n) is 4.25. The molecule has 5 heteroatoms. The van der Waals surface area contributed by atoms with Gasteiger partial charge in [0.1, 0.15) is 0 Å². The van der Waals surface area contributed by atoms with Gasteiger partial charge >= 0.3 is 0 Å². The molecule has 0 saturated carbocycles. The molecule has 18 heavy (non-hydrogen) atoms. The van der Waals surface area contributed by atoms with Crippen molar-refractivity contribution in [2.75, 3.05) is 24.5 Å². The number of nitrogens with two attached hydrogens (primary N) is 1. The molecule has 0 radical (unpaired) electrons. The number of aryl methyl sites for hydroxylation is 1. The van der Waals surface area contributed by atoms with Crippen molar-refractivity contribution in [3.05, 3.63) is 10.6 Å². The smallest absolute Gasteiger partial charge is 0.186 e. The van der Waals surface area contributed by atoms with Gasteiger partial charge in [0.25, 0.3) is 0 Å². The van der Waals surface area contributed by atoms with Crippen LogP contribution >= 0.6 is 11.3 Å². The molecule has 4 nitrogen and oxygen atoms in total. The van der Waals surface area contributed by atoms with Gasteiger partial charge in [0, 0.05) is 36.6 Å². The highest BCUT2D eigenvalue weighted by Crippen LogP contribution is 2.32. The van der Waals surface area contributed by atoms with E-state index in [9.17, 15) is 0 Å². The van der Waals surface area contributed by atoms with Gasteiger partial charge in [0.15, 0.2) is 5.13 Å². The summed E-state index contributed by atoms with van der Waals surface area (Å²) < 4.78 is 0. The van der Waals surface area contributed by atoms with E-state index in [2.05, 4.69) is 23.6 Å². The van der Waals surface area contributed by atoms with Crippen LogP contribution in [0.15, 0.2) is 0 Å². The molecule has 2 atom stereocenters. The quantitative estimate of drug-likeness (QED) is 0.883. The summed E-state index contributed by atoms with van der Waals surface area (Å²) in [5.74, 6) is 0. The van der Waals surface area contributed by atoms with Gasteiger partial charge in [-0.1, -0.05) is 0 Å². The van der Waals surface area contributed by atoms with Gasteiger partial charge in [-0.25, -0.2) is 4.98 Å². The van der Waals surface area contributed by atoms with Gasteiger partial charge < -0.3 is 10.6 Å². The summed E-state index contributed by atoms with van der Waals surface area (Å²) in [6, 6.07) is 1.31. The number of nitrogens with zero attached hydrogens (tertiary/aromatic N) is 3. The summed E-state index contributed by atoms with van der Waals surface area (Å²) in [4.78, 5) is 11.1. The number of hydrogen-bond acceptors (Lipinski definition) is 5. The minimum atomic E-state index is 0.565. The zero-order valence-corrected chi connectivity index (χ0v) is 12.0. The van der Waals surface area contributed by atoms with Gasteiger partial charge in [0.2, 0.25) is 0 Å². The van der Waals surface area contributed by atoms with Crippen LogP contribution in [0.3, 0.4) is 0 Å². The molecule has 0 aliphatic carbocycles. The van der Waals surface area contributed by atoms with Crippen molar-refractivity contribution in [1.29, 1.82) is 0 Å². The molecule has 2 aliphatic rings. The Morgan fingerprint density at radius 3 is 3.00 bits per heavy atom. The lowest BCUT2D eigenvalue weighted by atomic mass is 10.1. The average molecular weight is 266 g/mol. The van der Waals surface area contributed by atoms with Crippen molar-refractivity contribution < 1.29 is 0 Å². The highest BCUT2D eigenvalue weighted by molar-refractivity contribution is 7.15. The van der Waals surface area contributed by atoms with Gasteiger partial charge in [-0.3, -0.25) is 4.90 Å². The van der Waals surface area contributed by atoms with Crippen LogP contribution in [0.5, 0.6) is 0 Å². The van der Waals surface area contributed by atoms with Gasteiger partial charge in [0.05, 0.1) is 5.69 Å². The Morgan fingerprint density at radius 2 is 2.28 bits per heavy atom. The van der Waals surface area contributed by atoms with Crippen LogP contribution in [0.2, 0.25) is 0 Å². The van der Waals surface area contributed by atoms with Gasteiger partial charge in [-0.05, 0) is 33.2 Å². The van der Waals surface area contributed by atoms with Crippen molar-refractivity contribution >= 4 is 16.5 Å². The molecule has 2 aliphatic heterocycles. The summed E-state index contributed by atoms with van der Waals surface area (Å²) >= 11 is 1.78. The Hall–Kier alpha value is -0.650. The number of piperazine rings is 1. The maximum atomic E-state index is 5.76. The maximum Gasteiger partial charge on any atom is 0.186 e. The second-order valence-corrected chi connectivity index (χ2v) is 6.56. The third kappa shape index (κ3) is 2.04. The predicted molar refractivity (Wildman–Crippen MR) is 76.1 cm³/mol. The van der Waals surface area contributed by atoms with E-state index in [4.69, 9.17) is 10.7 Å². The largest absolute Gasteiger partial charge is 0.343 e. The number of rotatable bonds is 2. The Morgan fingerprint density at radius 1 is 1.44 bits per heavy atom. The second-order valence-electron chi connectivity index (χ2n) is 5.50. The van der Waals surface area contributed by atoms with E-state index >= 15 is 0 Å². The van der Waals surface area contributed by atoms with E-state index in [0.29, 0.717) is 12.6 Å². The highest BCUT2D eigenvalue weighted by Gasteiger charge is 2.35. The molecule has 2 unspecified atom stereocenters. The van der Waals surface area contributed by atoms with Crippen molar-refractivity contribution in [3.8, 4) is 0 Å². The summed E-state index contributed by atoms with van der Waals surface area (Å²) in [7, 11) is 0.